The van der Waals surface area contributed by atoms with Crippen LogP contribution in [0, 0.1) is 0 Å². The summed E-state index contributed by atoms with van der Waals surface area (Å²) in [4.78, 5) is 16.4. The minimum Gasteiger partial charge on any atom is -0.493 e. The normalized spacial score (nSPS) is 11.2. The Morgan fingerprint density at radius 2 is 1.71 bits per heavy atom. The van der Waals surface area contributed by atoms with Gasteiger partial charge in [0.15, 0.2) is 17.3 Å². The van der Waals surface area contributed by atoms with Crippen LogP contribution in [0.3, 0.4) is 0 Å². The molecule has 0 saturated carbocycles. The van der Waals surface area contributed by atoms with Gasteiger partial charge in [-0.05, 0) is 54.6 Å². The lowest BCUT2D eigenvalue weighted by Gasteiger charge is -2.08. The Hall–Kier alpha value is -3.85. The average Bonchev–Trinajstić information content (AvgIpc) is 2.79. The molecule has 160 valence electrons. The first-order valence-electron chi connectivity index (χ1n) is 9.16. The maximum atomic E-state index is 12.4. The number of nitrogens with zero attached hydrogens (tertiary/aromatic N) is 1. The Balaban J connectivity index is 1.63. The summed E-state index contributed by atoms with van der Waals surface area (Å²) >= 11 is 0. The molecule has 2 aromatic carbocycles. The summed E-state index contributed by atoms with van der Waals surface area (Å²) in [6.07, 6.45) is 4.35. The van der Waals surface area contributed by atoms with Gasteiger partial charge in [-0.3, -0.25) is 9.52 Å². The highest BCUT2D eigenvalue weighted by molar-refractivity contribution is 7.92. The minimum atomic E-state index is -3.75. The van der Waals surface area contributed by atoms with Gasteiger partial charge in [-0.25, -0.2) is 13.4 Å². The van der Waals surface area contributed by atoms with Crippen molar-refractivity contribution in [3.05, 3.63) is 84.7 Å². The first-order valence-corrected chi connectivity index (χ1v) is 10.6. The highest BCUT2D eigenvalue weighted by Crippen LogP contribution is 2.27. The number of pyridine rings is 1. The number of nitrogens with one attached hydrogen (secondary N) is 2. The van der Waals surface area contributed by atoms with Gasteiger partial charge in [0.2, 0.25) is 0 Å². The van der Waals surface area contributed by atoms with Gasteiger partial charge < -0.3 is 14.8 Å². The second-order valence-electron chi connectivity index (χ2n) is 6.26. The fourth-order valence-corrected chi connectivity index (χ4v) is 3.66. The molecule has 0 spiro atoms. The molecule has 8 nitrogen and oxygen atoms in total. The lowest BCUT2D eigenvalue weighted by molar-refractivity contribution is 0.104. The van der Waals surface area contributed by atoms with Gasteiger partial charge in [-0.2, -0.15) is 0 Å². The van der Waals surface area contributed by atoms with Crippen molar-refractivity contribution in [3.63, 3.8) is 0 Å². The zero-order valence-corrected chi connectivity index (χ0v) is 17.7. The van der Waals surface area contributed by atoms with E-state index in [4.69, 9.17) is 9.47 Å². The number of hydrogen-bond donors (Lipinski definition) is 2. The molecule has 0 amide bonds. The number of ketones is 1. The monoisotopic (exact) mass is 439 g/mol. The third kappa shape index (κ3) is 5.61. The number of rotatable bonds is 9. The van der Waals surface area contributed by atoms with E-state index in [1.54, 1.807) is 48.5 Å². The first kappa shape index (κ1) is 21.8. The summed E-state index contributed by atoms with van der Waals surface area (Å²) < 4.78 is 37.6. The van der Waals surface area contributed by atoms with Crippen molar-refractivity contribution in [2.24, 2.45) is 0 Å². The van der Waals surface area contributed by atoms with E-state index in [1.165, 1.54) is 44.8 Å². The maximum Gasteiger partial charge on any atom is 0.263 e. The SMILES string of the molecule is COc1ccc(C(=O)/C=C\Nc2ccc(S(=O)(=O)Nc3ccccn3)cc2)cc1OC. The molecule has 0 unspecified atom stereocenters. The van der Waals surface area contributed by atoms with Crippen LogP contribution in [0.25, 0.3) is 0 Å². The molecule has 1 heterocycles. The van der Waals surface area contributed by atoms with E-state index in [0.29, 0.717) is 22.7 Å². The number of carbonyl (C=O) groups is 1. The number of hydrogen-bond acceptors (Lipinski definition) is 7. The molecule has 3 rings (SSSR count). The molecular weight excluding hydrogens is 418 g/mol. The zero-order valence-electron chi connectivity index (χ0n) is 16.9. The zero-order chi connectivity index (χ0) is 22.3. The van der Waals surface area contributed by atoms with Gasteiger partial charge in [0.25, 0.3) is 10.0 Å². The van der Waals surface area contributed by atoms with Gasteiger partial charge in [-0.15, -0.1) is 0 Å². The van der Waals surface area contributed by atoms with Crippen molar-refractivity contribution in [3.8, 4) is 11.5 Å². The quantitative estimate of drug-likeness (QED) is 0.387. The van der Waals surface area contributed by atoms with Crippen molar-refractivity contribution in [2.45, 2.75) is 4.90 Å². The second-order valence-corrected chi connectivity index (χ2v) is 7.94. The molecule has 9 heteroatoms. The molecule has 0 aliphatic rings. The van der Waals surface area contributed by atoms with Gasteiger partial charge >= 0.3 is 0 Å². The second kappa shape index (κ2) is 9.77. The van der Waals surface area contributed by atoms with Gasteiger partial charge in [0.05, 0.1) is 19.1 Å². The number of anilines is 2. The molecule has 0 bridgehead atoms. The number of methoxy groups -OCH3 is 2. The smallest absolute Gasteiger partial charge is 0.263 e. The van der Waals surface area contributed by atoms with Crippen LogP contribution in [0.2, 0.25) is 0 Å². The van der Waals surface area contributed by atoms with Crippen LogP contribution in [0.4, 0.5) is 11.5 Å². The third-order valence-electron chi connectivity index (χ3n) is 4.22. The lowest BCUT2D eigenvalue weighted by atomic mass is 10.1. The van der Waals surface area contributed by atoms with E-state index in [0.717, 1.165) is 0 Å². The molecule has 31 heavy (non-hydrogen) atoms. The predicted molar refractivity (Wildman–Crippen MR) is 118 cm³/mol. The van der Waals surface area contributed by atoms with Gasteiger partial charge in [-0.1, -0.05) is 6.07 Å². The Bertz CT molecular complexity index is 1180. The fraction of sp³-hybridized carbons (Fsp3) is 0.0909. The van der Waals surface area contributed by atoms with Crippen LogP contribution in [-0.2, 0) is 10.0 Å². The molecule has 1 aromatic heterocycles. The number of sulfonamides is 1. The summed E-state index contributed by atoms with van der Waals surface area (Å²) in [6, 6.07) is 15.9. The molecule has 0 aliphatic heterocycles. The van der Waals surface area contributed by atoms with Crippen molar-refractivity contribution in [2.75, 3.05) is 24.3 Å². The third-order valence-corrected chi connectivity index (χ3v) is 5.59. The summed E-state index contributed by atoms with van der Waals surface area (Å²) in [5.41, 5.74) is 1.06. The Morgan fingerprint density at radius 1 is 0.968 bits per heavy atom. The Labute approximate surface area is 180 Å². The van der Waals surface area contributed by atoms with E-state index >= 15 is 0 Å². The van der Waals surface area contributed by atoms with E-state index in [1.807, 2.05) is 0 Å². The maximum absolute atomic E-state index is 12.4. The molecular formula is C22H21N3O5S. The summed E-state index contributed by atoms with van der Waals surface area (Å²) in [5.74, 6) is 1.01. The van der Waals surface area contributed by atoms with Crippen molar-refractivity contribution >= 4 is 27.3 Å². The Morgan fingerprint density at radius 3 is 2.35 bits per heavy atom. The van der Waals surface area contributed by atoms with Crippen molar-refractivity contribution in [1.82, 2.24) is 4.98 Å². The van der Waals surface area contributed by atoms with Crippen LogP contribution in [0.1, 0.15) is 10.4 Å². The van der Waals surface area contributed by atoms with E-state index < -0.39 is 10.0 Å². The van der Waals surface area contributed by atoms with Crippen LogP contribution >= 0.6 is 0 Å². The van der Waals surface area contributed by atoms with E-state index in [-0.39, 0.29) is 16.5 Å². The molecule has 3 aromatic rings. The summed E-state index contributed by atoms with van der Waals surface area (Å²) in [6.45, 7) is 0. The molecule has 0 fully saturated rings. The molecule has 2 N–H and O–H groups in total. The minimum absolute atomic E-state index is 0.0917. The number of carbonyl (C=O) groups excluding carboxylic acids is 1. The first-order chi connectivity index (χ1) is 14.9. The van der Waals surface area contributed by atoms with Gasteiger partial charge in [0, 0.05) is 29.7 Å². The van der Waals surface area contributed by atoms with E-state index in [9.17, 15) is 13.2 Å². The molecule has 0 aliphatic carbocycles. The summed E-state index contributed by atoms with van der Waals surface area (Å²) in [7, 11) is -0.726. The van der Waals surface area contributed by atoms with Crippen molar-refractivity contribution in [1.29, 1.82) is 0 Å². The predicted octanol–water partition coefficient (Wildman–Crippen LogP) is 3.71. The number of ether oxygens (including phenoxy) is 2. The number of aromatic nitrogens is 1. The van der Waals surface area contributed by atoms with Crippen LogP contribution < -0.4 is 19.5 Å². The number of benzene rings is 2. The molecule has 0 radical (unpaired) electrons. The number of allylic oxidation sites excluding steroid dienone is 1. The van der Waals surface area contributed by atoms with Gasteiger partial charge in [0.1, 0.15) is 5.82 Å². The van der Waals surface area contributed by atoms with E-state index in [2.05, 4.69) is 15.0 Å². The van der Waals surface area contributed by atoms with Crippen LogP contribution in [0.5, 0.6) is 11.5 Å². The standard InChI is InChI=1S/C22H21N3O5S/c1-29-20-11-6-16(15-21(20)30-2)19(26)12-14-23-17-7-9-18(10-8-17)31(27,28)25-22-5-3-4-13-24-22/h3-15,23H,1-2H3,(H,24,25)/b14-12-. The highest BCUT2D eigenvalue weighted by Gasteiger charge is 2.14. The topological polar surface area (TPSA) is 107 Å². The largest absolute Gasteiger partial charge is 0.493 e. The summed E-state index contributed by atoms with van der Waals surface area (Å²) in [5, 5.41) is 2.94. The van der Waals surface area contributed by atoms with Crippen LogP contribution in [-0.4, -0.2) is 33.4 Å². The van der Waals surface area contributed by atoms with Crippen LogP contribution in [0.15, 0.2) is 84.0 Å². The average molecular weight is 439 g/mol. The molecule has 0 atom stereocenters. The lowest BCUT2D eigenvalue weighted by Crippen LogP contribution is -2.13. The van der Waals surface area contributed by atoms with Crippen molar-refractivity contribution < 1.29 is 22.7 Å². The fourth-order valence-electron chi connectivity index (χ4n) is 2.65. The highest BCUT2D eigenvalue weighted by atomic mass is 32.2. The molecule has 0 saturated heterocycles. The Kier molecular flexibility index (Phi) is 6.88.